The van der Waals surface area contributed by atoms with Gasteiger partial charge in [-0.3, -0.25) is 0 Å². The van der Waals surface area contributed by atoms with E-state index in [2.05, 4.69) is 13.0 Å². The summed E-state index contributed by atoms with van der Waals surface area (Å²) >= 11 is 5.84. The summed E-state index contributed by atoms with van der Waals surface area (Å²) in [5.74, 6) is 0.184. The van der Waals surface area contributed by atoms with Gasteiger partial charge in [-0.15, -0.1) is 0 Å². The van der Waals surface area contributed by atoms with E-state index in [-0.39, 0.29) is 12.5 Å². The Balaban J connectivity index is 2.78. The highest BCUT2D eigenvalue weighted by Crippen LogP contribution is 2.22. The lowest BCUT2D eigenvalue weighted by Crippen LogP contribution is -2.03. The van der Waals surface area contributed by atoms with Crippen molar-refractivity contribution in [3.63, 3.8) is 0 Å². The molecule has 1 N–H and O–H groups in total. The average molecular weight is 198 g/mol. The van der Waals surface area contributed by atoms with Crippen LogP contribution in [0.3, 0.4) is 0 Å². The molecule has 1 rings (SSSR count). The van der Waals surface area contributed by atoms with E-state index < -0.39 is 0 Å². The third-order valence-electron chi connectivity index (χ3n) is 2.08. The fourth-order valence-electron chi connectivity index (χ4n) is 1.39. The van der Waals surface area contributed by atoms with E-state index in [1.54, 1.807) is 12.1 Å². The Labute approximate surface area is 84.4 Å². The number of benzene rings is 1. The molecule has 71 valence electrons. The molecule has 0 aliphatic rings. The van der Waals surface area contributed by atoms with Crippen molar-refractivity contribution in [2.45, 2.75) is 25.7 Å². The minimum atomic E-state index is 0.171. The molecular weight excluding hydrogens is 184 g/mol. The molecule has 0 amide bonds. The van der Waals surface area contributed by atoms with Crippen LogP contribution in [-0.2, 0) is 0 Å². The second kappa shape index (κ2) is 5.25. The Kier molecular flexibility index (Phi) is 4.26. The molecule has 0 spiro atoms. The first-order chi connectivity index (χ1) is 6.27. The second-order valence-electron chi connectivity index (χ2n) is 3.13. The molecular formula is C11H14ClO. The first-order valence-corrected chi connectivity index (χ1v) is 4.93. The van der Waals surface area contributed by atoms with Gasteiger partial charge in [0.15, 0.2) is 0 Å². The van der Waals surface area contributed by atoms with E-state index in [1.807, 2.05) is 6.07 Å². The summed E-state index contributed by atoms with van der Waals surface area (Å²) < 4.78 is 0. The molecule has 1 aromatic carbocycles. The maximum absolute atomic E-state index is 9.14. The summed E-state index contributed by atoms with van der Waals surface area (Å²) in [5.41, 5.74) is 1.01. The smallest absolute Gasteiger partial charge is 0.0499 e. The molecule has 1 radical (unpaired) electrons. The minimum absolute atomic E-state index is 0.171. The fraction of sp³-hybridized carbons (Fsp3) is 0.455. The summed E-state index contributed by atoms with van der Waals surface area (Å²) in [6, 6.07) is 8.57. The molecule has 0 saturated carbocycles. The van der Waals surface area contributed by atoms with Crippen molar-refractivity contribution in [2.24, 2.45) is 0 Å². The number of hydrogen-bond donors (Lipinski definition) is 1. The largest absolute Gasteiger partial charge is 0.396 e. The van der Waals surface area contributed by atoms with Gasteiger partial charge >= 0.3 is 0 Å². The first kappa shape index (κ1) is 10.6. The Morgan fingerprint density at radius 1 is 1.62 bits per heavy atom. The summed E-state index contributed by atoms with van der Waals surface area (Å²) in [6.45, 7) is 2.28. The monoisotopic (exact) mass is 197 g/mol. The van der Waals surface area contributed by atoms with Crippen molar-refractivity contribution in [1.29, 1.82) is 0 Å². The van der Waals surface area contributed by atoms with Crippen molar-refractivity contribution >= 4 is 11.6 Å². The lowest BCUT2D eigenvalue weighted by molar-refractivity contribution is 0.258. The quantitative estimate of drug-likeness (QED) is 0.787. The highest BCUT2D eigenvalue weighted by atomic mass is 35.5. The number of aliphatic hydroxyl groups excluding tert-OH is 1. The Hall–Kier alpha value is -0.530. The van der Waals surface area contributed by atoms with E-state index >= 15 is 0 Å². The van der Waals surface area contributed by atoms with Crippen LogP contribution in [0.1, 0.15) is 31.2 Å². The molecule has 0 bridgehead atoms. The maximum atomic E-state index is 9.14. The van der Waals surface area contributed by atoms with E-state index in [1.165, 1.54) is 0 Å². The van der Waals surface area contributed by atoms with Gasteiger partial charge < -0.3 is 5.11 Å². The van der Waals surface area contributed by atoms with Crippen LogP contribution in [0.2, 0.25) is 5.02 Å². The maximum Gasteiger partial charge on any atom is 0.0499 e. The van der Waals surface area contributed by atoms with Crippen molar-refractivity contribution in [3.8, 4) is 0 Å². The molecule has 0 heterocycles. The highest BCUT2D eigenvalue weighted by molar-refractivity contribution is 6.30. The van der Waals surface area contributed by atoms with Crippen LogP contribution < -0.4 is 0 Å². The minimum Gasteiger partial charge on any atom is -0.396 e. The van der Waals surface area contributed by atoms with Gasteiger partial charge in [0.1, 0.15) is 0 Å². The van der Waals surface area contributed by atoms with Gasteiger partial charge in [0, 0.05) is 17.5 Å². The second-order valence-corrected chi connectivity index (χ2v) is 3.57. The van der Waals surface area contributed by atoms with Crippen molar-refractivity contribution < 1.29 is 5.11 Å². The van der Waals surface area contributed by atoms with Crippen LogP contribution in [0.5, 0.6) is 0 Å². The third-order valence-corrected chi connectivity index (χ3v) is 2.32. The van der Waals surface area contributed by atoms with Crippen LogP contribution in [0.4, 0.5) is 0 Å². The van der Waals surface area contributed by atoms with Crippen LogP contribution in [-0.4, -0.2) is 11.7 Å². The summed E-state index contributed by atoms with van der Waals surface area (Å²) in [5, 5.41) is 9.85. The molecule has 1 unspecified atom stereocenters. The molecule has 1 atom stereocenters. The van der Waals surface area contributed by atoms with E-state index in [0.29, 0.717) is 5.02 Å². The summed E-state index contributed by atoms with van der Waals surface area (Å²) in [7, 11) is 0. The van der Waals surface area contributed by atoms with Crippen molar-refractivity contribution in [2.75, 3.05) is 6.61 Å². The number of hydrogen-bond acceptors (Lipinski definition) is 1. The zero-order valence-electron chi connectivity index (χ0n) is 7.76. The van der Waals surface area contributed by atoms with Crippen molar-refractivity contribution in [3.05, 3.63) is 34.9 Å². The standard InChI is InChI=1S/C11H14ClO/c1-2-4-10(8-13)9-5-3-6-11(12)7-9/h3,6-7,10,13H,2,4,8H2,1H3. The third kappa shape index (κ3) is 3.02. The van der Waals surface area contributed by atoms with Crippen molar-refractivity contribution in [1.82, 2.24) is 0 Å². The summed E-state index contributed by atoms with van der Waals surface area (Å²) in [6.07, 6.45) is 2.04. The van der Waals surface area contributed by atoms with Gasteiger partial charge in [0.05, 0.1) is 0 Å². The van der Waals surface area contributed by atoms with Gasteiger partial charge in [-0.25, -0.2) is 0 Å². The fourth-order valence-corrected chi connectivity index (χ4v) is 1.57. The lowest BCUT2D eigenvalue weighted by Gasteiger charge is -2.12. The Bertz CT molecular complexity index is 260. The zero-order chi connectivity index (χ0) is 9.68. The normalized spacial score (nSPS) is 12.8. The van der Waals surface area contributed by atoms with Crippen LogP contribution in [0.15, 0.2) is 18.2 Å². The molecule has 1 aromatic rings. The molecule has 2 heteroatoms. The van der Waals surface area contributed by atoms with Crippen LogP contribution in [0, 0.1) is 6.07 Å². The Morgan fingerprint density at radius 2 is 2.38 bits per heavy atom. The molecule has 0 aromatic heterocycles. The van der Waals surface area contributed by atoms with Gasteiger partial charge in [0.2, 0.25) is 0 Å². The van der Waals surface area contributed by atoms with Gasteiger partial charge in [-0.2, -0.15) is 0 Å². The highest BCUT2D eigenvalue weighted by Gasteiger charge is 2.09. The zero-order valence-corrected chi connectivity index (χ0v) is 8.51. The van der Waals surface area contributed by atoms with Gasteiger partial charge in [-0.05, 0) is 30.2 Å². The number of halogens is 1. The SMILES string of the molecule is CCCC(CO)c1[c]ccc(Cl)c1. The predicted octanol–water partition coefficient (Wildman–Crippen LogP) is 3.02. The molecule has 0 aliphatic heterocycles. The predicted molar refractivity (Wildman–Crippen MR) is 55.0 cm³/mol. The molecule has 0 saturated heterocycles. The lowest BCUT2D eigenvalue weighted by atomic mass is 9.95. The average Bonchev–Trinajstić information content (AvgIpc) is 2.14. The summed E-state index contributed by atoms with van der Waals surface area (Å²) in [4.78, 5) is 0. The van der Waals surface area contributed by atoms with Gasteiger partial charge in [0.25, 0.3) is 0 Å². The molecule has 0 fully saturated rings. The topological polar surface area (TPSA) is 20.2 Å². The number of aliphatic hydroxyl groups is 1. The van der Waals surface area contributed by atoms with E-state index in [9.17, 15) is 0 Å². The van der Waals surface area contributed by atoms with Gasteiger partial charge in [-0.1, -0.05) is 31.0 Å². The van der Waals surface area contributed by atoms with Crippen LogP contribution in [0.25, 0.3) is 0 Å². The van der Waals surface area contributed by atoms with E-state index in [0.717, 1.165) is 18.4 Å². The molecule has 1 nitrogen and oxygen atoms in total. The van der Waals surface area contributed by atoms with Crippen LogP contribution >= 0.6 is 11.6 Å². The first-order valence-electron chi connectivity index (χ1n) is 4.56. The van der Waals surface area contributed by atoms with E-state index in [4.69, 9.17) is 16.7 Å². The molecule has 13 heavy (non-hydrogen) atoms. The molecule has 0 aliphatic carbocycles. The Morgan fingerprint density at radius 3 is 2.92 bits per heavy atom. The number of rotatable bonds is 4.